The van der Waals surface area contributed by atoms with Crippen molar-refractivity contribution in [2.45, 2.75) is 18.8 Å². The zero-order chi connectivity index (χ0) is 13.4. The maximum atomic E-state index is 4.45. The Labute approximate surface area is 116 Å². The number of fused-ring (bicyclic) bond motifs is 1. The van der Waals surface area contributed by atoms with Crippen molar-refractivity contribution in [2.75, 3.05) is 13.1 Å². The van der Waals surface area contributed by atoms with E-state index in [0.717, 1.165) is 24.2 Å². The monoisotopic (exact) mass is 267 g/mol. The predicted molar refractivity (Wildman–Crippen MR) is 78.5 cm³/mol. The first-order valence-corrected chi connectivity index (χ1v) is 7.10. The second-order valence-corrected chi connectivity index (χ2v) is 5.38. The van der Waals surface area contributed by atoms with E-state index < -0.39 is 0 Å². The molecule has 1 aliphatic rings. The van der Waals surface area contributed by atoms with E-state index in [4.69, 9.17) is 0 Å². The molecule has 3 heterocycles. The zero-order valence-corrected chi connectivity index (χ0v) is 11.2. The summed E-state index contributed by atoms with van der Waals surface area (Å²) in [6.07, 6.45) is 6.12. The average molecular weight is 267 g/mol. The first-order chi connectivity index (χ1) is 9.92. The molecule has 0 atom stereocenters. The summed E-state index contributed by atoms with van der Waals surface area (Å²) in [7, 11) is 0. The molecule has 0 bridgehead atoms. The van der Waals surface area contributed by atoms with Gasteiger partial charge in [0.1, 0.15) is 0 Å². The van der Waals surface area contributed by atoms with Gasteiger partial charge in [-0.2, -0.15) is 10.2 Å². The number of nitrogens with one attached hydrogen (secondary N) is 3. The molecule has 1 aromatic carbocycles. The van der Waals surface area contributed by atoms with Crippen molar-refractivity contribution in [3.8, 4) is 11.1 Å². The third-order valence-electron chi connectivity index (χ3n) is 4.16. The van der Waals surface area contributed by atoms with Gasteiger partial charge in [0.05, 0.1) is 11.7 Å². The number of benzene rings is 1. The lowest BCUT2D eigenvalue weighted by Gasteiger charge is -2.21. The molecule has 2 aromatic heterocycles. The minimum absolute atomic E-state index is 0.584. The largest absolute Gasteiger partial charge is 0.317 e. The topological polar surface area (TPSA) is 69.4 Å². The molecule has 3 aromatic rings. The molecule has 1 saturated heterocycles. The third kappa shape index (κ3) is 1.91. The average Bonchev–Trinajstić information content (AvgIpc) is 3.17. The van der Waals surface area contributed by atoms with Gasteiger partial charge in [0, 0.05) is 28.8 Å². The standard InChI is InChI=1S/C15H17N5/c1-2-14-13(7-11(1)12-8-17-18-9-12)15(20-19-14)10-3-5-16-6-4-10/h1-2,7-10,16H,3-6H2,(H,17,18)(H,19,20). The van der Waals surface area contributed by atoms with Crippen LogP contribution in [0.15, 0.2) is 30.6 Å². The third-order valence-corrected chi connectivity index (χ3v) is 4.16. The van der Waals surface area contributed by atoms with E-state index in [9.17, 15) is 0 Å². The molecule has 3 N–H and O–H groups in total. The second kappa shape index (κ2) is 4.76. The Morgan fingerprint density at radius 2 is 2.00 bits per heavy atom. The number of aromatic amines is 2. The molecule has 0 amide bonds. The van der Waals surface area contributed by atoms with Gasteiger partial charge in [0.15, 0.2) is 0 Å². The van der Waals surface area contributed by atoms with E-state index in [0.29, 0.717) is 5.92 Å². The van der Waals surface area contributed by atoms with Crippen molar-refractivity contribution < 1.29 is 0 Å². The highest BCUT2D eigenvalue weighted by atomic mass is 15.1. The molecule has 5 nitrogen and oxygen atoms in total. The van der Waals surface area contributed by atoms with E-state index in [1.807, 2.05) is 12.4 Å². The summed E-state index contributed by atoms with van der Waals surface area (Å²) in [4.78, 5) is 0. The Kier molecular flexibility index (Phi) is 2.77. The van der Waals surface area contributed by atoms with Crippen molar-refractivity contribution in [3.05, 3.63) is 36.3 Å². The Hall–Kier alpha value is -2.14. The minimum atomic E-state index is 0.584. The Bertz CT molecular complexity index is 707. The van der Waals surface area contributed by atoms with Crippen LogP contribution in [-0.4, -0.2) is 33.5 Å². The molecular weight excluding hydrogens is 250 g/mol. The highest BCUT2D eigenvalue weighted by molar-refractivity contribution is 5.86. The van der Waals surface area contributed by atoms with E-state index in [1.165, 1.54) is 29.5 Å². The van der Waals surface area contributed by atoms with Crippen LogP contribution in [0.1, 0.15) is 24.5 Å². The number of H-pyrrole nitrogens is 2. The summed E-state index contributed by atoms with van der Waals surface area (Å²) >= 11 is 0. The summed E-state index contributed by atoms with van der Waals surface area (Å²) < 4.78 is 0. The summed E-state index contributed by atoms with van der Waals surface area (Å²) in [6.45, 7) is 2.18. The van der Waals surface area contributed by atoms with Crippen LogP contribution in [0.2, 0.25) is 0 Å². The van der Waals surface area contributed by atoms with Gasteiger partial charge in [-0.15, -0.1) is 0 Å². The van der Waals surface area contributed by atoms with E-state index in [2.05, 4.69) is 43.9 Å². The van der Waals surface area contributed by atoms with Crippen molar-refractivity contribution in [3.63, 3.8) is 0 Å². The summed E-state index contributed by atoms with van der Waals surface area (Å²) in [5, 5.41) is 19.2. The summed E-state index contributed by atoms with van der Waals surface area (Å²) in [5.74, 6) is 0.584. The second-order valence-electron chi connectivity index (χ2n) is 5.38. The quantitative estimate of drug-likeness (QED) is 0.668. The van der Waals surface area contributed by atoms with Gasteiger partial charge >= 0.3 is 0 Å². The van der Waals surface area contributed by atoms with Gasteiger partial charge in [-0.05, 0) is 43.6 Å². The molecule has 20 heavy (non-hydrogen) atoms. The lowest BCUT2D eigenvalue weighted by molar-refractivity contribution is 0.454. The molecule has 0 aliphatic carbocycles. The number of hydrogen-bond donors (Lipinski definition) is 3. The van der Waals surface area contributed by atoms with Crippen LogP contribution >= 0.6 is 0 Å². The maximum absolute atomic E-state index is 4.45. The van der Waals surface area contributed by atoms with Crippen LogP contribution in [0.3, 0.4) is 0 Å². The van der Waals surface area contributed by atoms with Gasteiger partial charge in [-0.1, -0.05) is 6.07 Å². The van der Waals surface area contributed by atoms with Gasteiger partial charge < -0.3 is 5.32 Å². The van der Waals surface area contributed by atoms with Gasteiger partial charge in [0.25, 0.3) is 0 Å². The zero-order valence-electron chi connectivity index (χ0n) is 11.2. The molecule has 5 heteroatoms. The molecule has 0 saturated carbocycles. The highest BCUT2D eigenvalue weighted by Gasteiger charge is 2.19. The van der Waals surface area contributed by atoms with Gasteiger partial charge in [-0.25, -0.2) is 0 Å². The molecular formula is C15H17N5. The summed E-state index contributed by atoms with van der Waals surface area (Å²) in [6, 6.07) is 6.40. The number of hydrogen-bond acceptors (Lipinski definition) is 3. The number of piperidine rings is 1. The Morgan fingerprint density at radius 3 is 2.80 bits per heavy atom. The lowest BCUT2D eigenvalue weighted by Crippen LogP contribution is -2.26. The molecule has 0 unspecified atom stereocenters. The fourth-order valence-electron chi connectivity index (χ4n) is 3.04. The Morgan fingerprint density at radius 1 is 1.10 bits per heavy atom. The van der Waals surface area contributed by atoms with Crippen LogP contribution < -0.4 is 5.32 Å². The lowest BCUT2D eigenvalue weighted by atomic mass is 9.92. The van der Waals surface area contributed by atoms with Gasteiger partial charge in [0.2, 0.25) is 0 Å². The molecule has 1 fully saturated rings. The number of aromatic nitrogens is 4. The highest BCUT2D eigenvalue weighted by Crippen LogP contribution is 2.31. The predicted octanol–water partition coefficient (Wildman–Crippen LogP) is 2.42. The fourth-order valence-corrected chi connectivity index (χ4v) is 3.04. The number of rotatable bonds is 2. The number of nitrogens with zero attached hydrogens (tertiary/aromatic N) is 2. The van der Waals surface area contributed by atoms with Crippen LogP contribution in [0.4, 0.5) is 0 Å². The van der Waals surface area contributed by atoms with E-state index in [-0.39, 0.29) is 0 Å². The summed E-state index contributed by atoms with van der Waals surface area (Å²) in [5.41, 5.74) is 4.63. The van der Waals surface area contributed by atoms with Crippen molar-refractivity contribution >= 4 is 10.9 Å². The molecule has 1 aliphatic heterocycles. The van der Waals surface area contributed by atoms with Crippen LogP contribution in [-0.2, 0) is 0 Å². The van der Waals surface area contributed by atoms with Gasteiger partial charge in [-0.3, -0.25) is 10.2 Å². The minimum Gasteiger partial charge on any atom is -0.317 e. The SMILES string of the molecule is c1cc2n[nH]c(C3CCNCC3)c2cc1-c1cn[nH]c1. The molecule has 0 spiro atoms. The van der Waals surface area contributed by atoms with E-state index >= 15 is 0 Å². The molecule has 102 valence electrons. The smallest absolute Gasteiger partial charge is 0.0924 e. The first-order valence-electron chi connectivity index (χ1n) is 7.10. The fraction of sp³-hybridized carbons (Fsp3) is 0.333. The van der Waals surface area contributed by atoms with Crippen LogP contribution in [0, 0.1) is 0 Å². The normalized spacial score (nSPS) is 16.8. The maximum Gasteiger partial charge on any atom is 0.0924 e. The van der Waals surface area contributed by atoms with Crippen molar-refractivity contribution in [2.24, 2.45) is 0 Å². The van der Waals surface area contributed by atoms with E-state index in [1.54, 1.807) is 0 Å². The van der Waals surface area contributed by atoms with Crippen LogP contribution in [0.25, 0.3) is 22.0 Å². The van der Waals surface area contributed by atoms with Crippen molar-refractivity contribution in [1.82, 2.24) is 25.7 Å². The Balaban J connectivity index is 1.79. The molecule has 0 radical (unpaired) electrons. The molecule has 4 rings (SSSR count). The van der Waals surface area contributed by atoms with Crippen molar-refractivity contribution in [1.29, 1.82) is 0 Å². The van der Waals surface area contributed by atoms with Crippen LogP contribution in [0.5, 0.6) is 0 Å². The first kappa shape index (κ1) is 11.7.